The van der Waals surface area contributed by atoms with Crippen molar-refractivity contribution in [3.63, 3.8) is 0 Å². The van der Waals surface area contributed by atoms with Gasteiger partial charge in [-0.1, -0.05) is 48.5 Å². The number of methoxy groups -OCH3 is 1. The van der Waals surface area contributed by atoms with E-state index in [-0.39, 0.29) is 11.9 Å². The van der Waals surface area contributed by atoms with Crippen molar-refractivity contribution < 1.29 is 13.9 Å². The van der Waals surface area contributed by atoms with Crippen LogP contribution in [-0.4, -0.2) is 29.4 Å². The standard InChI is InChI=1S/C25H22N2O3/c1-29-22-12-6-5-10-19(22)25(28)27-15-7-11-21(27)24-26-20-16-18(13-14-23(20)30-24)17-8-3-2-4-9-17/h2-6,8-10,12-14,16,21H,7,11,15H2,1H3/t21-/m1/s1. The Bertz CT molecular complexity index is 1200. The number of hydrogen-bond donors (Lipinski definition) is 0. The van der Waals surface area contributed by atoms with Crippen molar-refractivity contribution in [1.29, 1.82) is 0 Å². The van der Waals surface area contributed by atoms with Gasteiger partial charge in [0.15, 0.2) is 5.58 Å². The van der Waals surface area contributed by atoms with Gasteiger partial charge in [-0.05, 0) is 48.2 Å². The summed E-state index contributed by atoms with van der Waals surface area (Å²) >= 11 is 0. The third kappa shape index (κ3) is 3.22. The second-order valence-corrected chi connectivity index (χ2v) is 7.46. The van der Waals surface area contributed by atoms with E-state index in [9.17, 15) is 4.79 Å². The van der Waals surface area contributed by atoms with Crippen molar-refractivity contribution in [1.82, 2.24) is 9.88 Å². The summed E-state index contributed by atoms with van der Waals surface area (Å²) in [5.41, 5.74) is 4.34. The lowest BCUT2D eigenvalue weighted by Gasteiger charge is -2.23. The molecule has 0 spiro atoms. The number of likely N-dealkylation sites (tertiary alicyclic amines) is 1. The largest absolute Gasteiger partial charge is 0.496 e. The first kappa shape index (κ1) is 18.4. The zero-order valence-corrected chi connectivity index (χ0v) is 16.7. The van der Waals surface area contributed by atoms with Gasteiger partial charge in [0, 0.05) is 6.54 Å². The number of hydrogen-bond acceptors (Lipinski definition) is 4. The molecule has 30 heavy (non-hydrogen) atoms. The Morgan fingerprint density at radius 2 is 1.83 bits per heavy atom. The summed E-state index contributed by atoms with van der Waals surface area (Å²) in [7, 11) is 1.58. The fourth-order valence-electron chi connectivity index (χ4n) is 4.14. The van der Waals surface area contributed by atoms with Crippen LogP contribution in [0.3, 0.4) is 0 Å². The number of benzene rings is 3. The number of amides is 1. The van der Waals surface area contributed by atoms with Crippen LogP contribution in [0.15, 0.2) is 77.2 Å². The molecule has 0 radical (unpaired) electrons. The van der Waals surface area contributed by atoms with Crippen LogP contribution in [0.4, 0.5) is 0 Å². The number of rotatable bonds is 4. The molecular weight excluding hydrogens is 376 g/mol. The highest BCUT2D eigenvalue weighted by Crippen LogP contribution is 2.36. The van der Waals surface area contributed by atoms with Crippen LogP contribution in [0.2, 0.25) is 0 Å². The molecule has 1 saturated heterocycles. The third-order valence-corrected chi connectivity index (χ3v) is 5.65. The molecule has 1 amide bonds. The molecular formula is C25H22N2O3. The number of carbonyl (C=O) groups is 1. The highest BCUT2D eigenvalue weighted by molar-refractivity contribution is 5.97. The topological polar surface area (TPSA) is 55.6 Å². The molecule has 4 aromatic rings. The first-order valence-electron chi connectivity index (χ1n) is 10.1. The fourth-order valence-corrected chi connectivity index (χ4v) is 4.14. The van der Waals surface area contributed by atoms with Crippen molar-refractivity contribution >= 4 is 17.0 Å². The van der Waals surface area contributed by atoms with E-state index in [1.165, 1.54) is 0 Å². The van der Waals surface area contributed by atoms with E-state index in [1.54, 1.807) is 13.2 Å². The zero-order valence-electron chi connectivity index (χ0n) is 16.7. The number of ether oxygens (including phenoxy) is 1. The van der Waals surface area contributed by atoms with Crippen molar-refractivity contribution in [2.75, 3.05) is 13.7 Å². The van der Waals surface area contributed by atoms with Gasteiger partial charge in [-0.2, -0.15) is 0 Å². The van der Waals surface area contributed by atoms with Gasteiger partial charge in [-0.3, -0.25) is 4.79 Å². The number of carbonyl (C=O) groups excluding carboxylic acids is 1. The summed E-state index contributed by atoms with van der Waals surface area (Å²) < 4.78 is 11.5. The average Bonchev–Trinajstić information content (AvgIpc) is 3.45. The molecule has 3 aromatic carbocycles. The Kier molecular flexibility index (Phi) is 4.71. The van der Waals surface area contributed by atoms with E-state index in [2.05, 4.69) is 12.1 Å². The Balaban J connectivity index is 1.47. The number of para-hydroxylation sites is 1. The SMILES string of the molecule is COc1ccccc1C(=O)N1CCC[C@@H]1c1nc2cc(-c3ccccc3)ccc2o1. The molecule has 150 valence electrons. The van der Waals surface area contributed by atoms with Crippen LogP contribution >= 0.6 is 0 Å². The Hall–Kier alpha value is -3.60. The van der Waals surface area contributed by atoms with Gasteiger partial charge in [-0.25, -0.2) is 4.98 Å². The molecule has 0 bridgehead atoms. The fraction of sp³-hybridized carbons (Fsp3) is 0.200. The van der Waals surface area contributed by atoms with Crippen LogP contribution in [0.25, 0.3) is 22.2 Å². The van der Waals surface area contributed by atoms with Gasteiger partial charge in [0.25, 0.3) is 5.91 Å². The molecule has 1 fully saturated rings. The first-order valence-corrected chi connectivity index (χ1v) is 10.1. The van der Waals surface area contributed by atoms with E-state index >= 15 is 0 Å². The molecule has 1 aliphatic heterocycles. The molecule has 2 heterocycles. The number of nitrogens with zero attached hydrogens (tertiary/aromatic N) is 2. The lowest BCUT2D eigenvalue weighted by molar-refractivity contribution is 0.0713. The van der Waals surface area contributed by atoms with Crippen molar-refractivity contribution in [3.05, 3.63) is 84.3 Å². The van der Waals surface area contributed by atoms with Crippen LogP contribution in [-0.2, 0) is 0 Å². The third-order valence-electron chi connectivity index (χ3n) is 5.65. The Morgan fingerprint density at radius 3 is 2.67 bits per heavy atom. The highest BCUT2D eigenvalue weighted by atomic mass is 16.5. The molecule has 0 aliphatic carbocycles. The van der Waals surface area contributed by atoms with E-state index in [0.717, 1.165) is 35.1 Å². The van der Waals surface area contributed by atoms with Crippen LogP contribution in [0.1, 0.15) is 35.1 Å². The average molecular weight is 398 g/mol. The predicted octanol–water partition coefficient (Wildman–Crippen LogP) is 5.48. The second kappa shape index (κ2) is 7.67. The minimum Gasteiger partial charge on any atom is -0.496 e. The van der Waals surface area contributed by atoms with Gasteiger partial charge in [0.05, 0.1) is 12.7 Å². The van der Waals surface area contributed by atoms with E-state index < -0.39 is 0 Å². The maximum Gasteiger partial charge on any atom is 0.258 e. The van der Waals surface area contributed by atoms with Crippen molar-refractivity contribution in [3.8, 4) is 16.9 Å². The minimum atomic E-state index is -0.171. The summed E-state index contributed by atoms with van der Waals surface area (Å²) in [6.07, 6.45) is 1.75. The molecule has 0 N–H and O–H groups in total. The zero-order chi connectivity index (χ0) is 20.5. The Morgan fingerprint density at radius 1 is 1.03 bits per heavy atom. The number of oxazole rings is 1. The lowest BCUT2D eigenvalue weighted by Crippen LogP contribution is -2.31. The van der Waals surface area contributed by atoms with E-state index in [0.29, 0.717) is 23.7 Å². The predicted molar refractivity (Wildman–Crippen MR) is 115 cm³/mol. The van der Waals surface area contributed by atoms with Crippen molar-refractivity contribution in [2.24, 2.45) is 0 Å². The second-order valence-electron chi connectivity index (χ2n) is 7.46. The van der Waals surface area contributed by atoms with Gasteiger partial charge in [-0.15, -0.1) is 0 Å². The highest BCUT2D eigenvalue weighted by Gasteiger charge is 2.35. The van der Waals surface area contributed by atoms with Crippen LogP contribution in [0.5, 0.6) is 5.75 Å². The van der Waals surface area contributed by atoms with Gasteiger partial charge in [0.1, 0.15) is 17.3 Å². The molecule has 1 aromatic heterocycles. The summed E-state index contributed by atoms with van der Waals surface area (Å²) in [6, 6.07) is 23.4. The minimum absolute atomic E-state index is 0.0535. The lowest BCUT2D eigenvalue weighted by atomic mass is 10.1. The summed E-state index contributed by atoms with van der Waals surface area (Å²) in [6.45, 7) is 0.676. The molecule has 5 nitrogen and oxygen atoms in total. The molecule has 1 aliphatic rings. The van der Waals surface area contributed by atoms with Crippen LogP contribution in [0, 0.1) is 0 Å². The number of aromatic nitrogens is 1. The normalized spacial score (nSPS) is 16.2. The van der Waals surface area contributed by atoms with Gasteiger partial charge in [0.2, 0.25) is 5.89 Å². The van der Waals surface area contributed by atoms with Crippen molar-refractivity contribution in [2.45, 2.75) is 18.9 Å². The summed E-state index contributed by atoms with van der Waals surface area (Å²) in [4.78, 5) is 19.8. The Labute approximate surface area is 174 Å². The van der Waals surface area contributed by atoms with E-state index in [4.69, 9.17) is 14.1 Å². The van der Waals surface area contributed by atoms with Gasteiger partial charge >= 0.3 is 0 Å². The molecule has 0 unspecified atom stereocenters. The first-order chi connectivity index (χ1) is 14.7. The maximum atomic E-state index is 13.2. The molecule has 5 rings (SSSR count). The quantitative estimate of drug-likeness (QED) is 0.457. The maximum absolute atomic E-state index is 13.2. The number of fused-ring (bicyclic) bond motifs is 1. The molecule has 1 atom stereocenters. The van der Waals surface area contributed by atoms with Crippen LogP contribution < -0.4 is 4.74 Å². The smallest absolute Gasteiger partial charge is 0.258 e. The monoisotopic (exact) mass is 398 g/mol. The molecule has 5 heteroatoms. The summed E-state index contributed by atoms with van der Waals surface area (Å²) in [5, 5.41) is 0. The molecule has 0 saturated carbocycles. The summed E-state index contributed by atoms with van der Waals surface area (Å²) in [5.74, 6) is 1.12. The van der Waals surface area contributed by atoms with Gasteiger partial charge < -0.3 is 14.1 Å². The van der Waals surface area contributed by atoms with E-state index in [1.807, 2.05) is 59.5 Å².